The van der Waals surface area contributed by atoms with E-state index in [2.05, 4.69) is 0 Å². The molecule has 0 saturated heterocycles. The smallest absolute Gasteiger partial charge is 0.324 e. The summed E-state index contributed by atoms with van der Waals surface area (Å²) < 4.78 is 0. The molecule has 5 heteroatoms. The first-order valence-electron chi connectivity index (χ1n) is 3.23. The zero-order chi connectivity index (χ0) is 9.07. The number of carboxylic acid groups (broad SMARTS) is 1. The number of nitrogens with two attached hydrogens (primary N) is 2. The standard InChI is InChI=1S/C6H12N2O3/c1-2-6(8,5(10)11)3-4(7)9/h2-3,8H2,1H3,(H2,7,9)(H,10,11). The van der Waals surface area contributed by atoms with E-state index in [1.807, 2.05) is 0 Å². The van der Waals surface area contributed by atoms with Crippen molar-refractivity contribution in [3.63, 3.8) is 0 Å². The Bertz CT molecular complexity index is 181. The van der Waals surface area contributed by atoms with Gasteiger partial charge in [0.15, 0.2) is 0 Å². The van der Waals surface area contributed by atoms with Crippen molar-refractivity contribution < 1.29 is 14.7 Å². The third-order valence-corrected chi connectivity index (χ3v) is 1.55. The summed E-state index contributed by atoms with van der Waals surface area (Å²) in [6, 6.07) is 0. The zero-order valence-electron chi connectivity index (χ0n) is 6.33. The van der Waals surface area contributed by atoms with Gasteiger partial charge in [-0.25, -0.2) is 0 Å². The van der Waals surface area contributed by atoms with E-state index in [0.29, 0.717) is 0 Å². The predicted molar refractivity (Wildman–Crippen MR) is 38.7 cm³/mol. The zero-order valence-corrected chi connectivity index (χ0v) is 6.33. The van der Waals surface area contributed by atoms with Gasteiger partial charge in [0.2, 0.25) is 5.91 Å². The molecule has 0 saturated carbocycles. The summed E-state index contributed by atoms with van der Waals surface area (Å²) in [5.74, 6) is -1.89. The molecule has 11 heavy (non-hydrogen) atoms. The Morgan fingerprint density at radius 2 is 2.00 bits per heavy atom. The molecular weight excluding hydrogens is 148 g/mol. The van der Waals surface area contributed by atoms with Crippen LogP contribution in [0.5, 0.6) is 0 Å². The molecular formula is C6H12N2O3. The van der Waals surface area contributed by atoms with Gasteiger partial charge in [-0.2, -0.15) is 0 Å². The maximum absolute atomic E-state index is 10.5. The van der Waals surface area contributed by atoms with Crippen molar-refractivity contribution in [1.82, 2.24) is 0 Å². The molecule has 0 aromatic heterocycles. The molecule has 0 aliphatic carbocycles. The molecule has 0 aliphatic rings. The van der Waals surface area contributed by atoms with Crippen LogP contribution in [0.25, 0.3) is 0 Å². The monoisotopic (exact) mass is 160 g/mol. The molecule has 0 heterocycles. The van der Waals surface area contributed by atoms with Gasteiger partial charge in [0.1, 0.15) is 5.54 Å². The molecule has 5 N–H and O–H groups in total. The lowest BCUT2D eigenvalue weighted by molar-refractivity contribution is -0.145. The first-order valence-corrected chi connectivity index (χ1v) is 3.23. The molecule has 0 aliphatic heterocycles. The Balaban J connectivity index is 4.34. The van der Waals surface area contributed by atoms with Gasteiger partial charge in [0.05, 0.1) is 6.42 Å². The average Bonchev–Trinajstić information content (AvgIpc) is 1.86. The number of carbonyl (C=O) groups excluding carboxylic acids is 1. The highest BCUT2D eigenvalue weighted by molar-refractivity contribution is 5.86. The van der Waals surface area contributed by atoms with Gasteiger partial charge in [0.25, 0.3) is 0 Å². The van der Waals surface area contributed by atoms with Crippen molar-refractivity contribution in [2.75, 3.05) is 0 Å². The summed E-state index contributed by atoms with van der Waals surface area (Å²) in [7, 11) is 0. The van der Waals surface area contributed by atoms with Gasteiger partial charge in [0, 0.05) is 0 Å². The normalized spacial score (nSPS) is 15.5. The molecule has 0 aromatic rings. The first-order chi connectivity index (χ1) is 4.92. The van der Waals surface area contributed by atoms with Gasteiger partial charge >= 0.3 is 5.97 Å². The van der Waals surface area contributed by atoms with Crippen molar-refractivity contribution in [3.05, 3.63) is 0 Å². The lowest BCUT2D eigenvalue weighted by Crippen LogP contribution is -2.50. The third-order valence-electron chi connectivity index (χ3n) is 1.55. The number of carbonyl (C=O) groups is 2. The highest BCUT2D eigenvalue weighted by Gasteiger charge is 2.33. The van der Waals surface area contributed by atoms with Gasteiger partial charge in [-0.05, 0) is 6.42 Å². The maximum atomic E-state index is 10.5. The number of hydrogen-bond donors (Lipinski definition) is 3. The summed E-state index contributed by atoms with van der Waals surface area (Å²) in [6.45, 7) is 1.59. The van der Waals surface area contributed by atoms with Gasteiger partial charge in [-0.3, -0.25) is 9.59 Å². The molecule has 0 radical (unpaired) electrons. The van der Waals surface area contributed by atoms with Crippen LogP contribution in [0.4, 0.5) is 0 Å². The van der Waals surface area contributed by atoms with E-state index in [9.17, 15) is 9.59 Å². The molecule has 0 fully saturated rings. The van der Waals surface area contributed by atoms with Crippen molar-refractivity contribution in [2.24, 2.45) is 11.5 Å². The lowest BCUT2D eigenvalue weighted by atomic mass is 9.93. The SMILES string of the molecule is CCC(N)(CC(N)=O)C(=O)O. The van der Waals surface area contributed by atoms with Gasteiger partial charge in [-0.15, -0.1) is 0 Å². The molecule has 1 atom stereocenters. The molecule has 0 rings (SSSR count). The summed E-state index contributed by atoms with van der Waals surface area (Å²) in [5.41, 5.74) is 8.66. The molecule has 64 valence electrons. The first kappa shape index (κ1) is 9.90. The number of rotatable bonds is 4. The fourth-order valence-electron chi connectivity index (χ4n) is 0.663. The number of primary amides is 1. The van der Waals surface area contributed by atoms with Crippen LogP contribution in [-0.2, 0) is 9.59 Å². The van der Waals surface area contributed by atoms with Crippen LogP contribution in [0.15, 0.2) is 0 Å². The highest BCUT2D eigenvalue weighted by Crippen LogP contribution is 2.10. The Morgan fingerprint density at radius 3 is 2.09 bits per heavy atom. The van der Waals surface area contributed by atoms with Crippen molar-refractivity contribution in [2.45, 2.75) is 25.3 Å². The summed E-state index contributed by atoms with van der Waals surface area (Å²) in [4.78, 5) is 20.8. The number of hydrogen-bond acceptors (Lipinski definition) is 3. The molecule has 0 bridgehead atoms. The van der Waals surface area contributed by atoms with Crippen LogP contribution in [0.1, 0.15) is 19.8 Å². The van der Waals surface area contributed by atoms with Crippen LogP contribution in [0, 0.1) is 0 Å². The van der Waals surface area contributed by atoms with Crippen molar-refractivity contribution in [1.29, 1.82) is 0 Å². The minimum atomic E-state index is -1.49. The Kier molecular flexibility index (Phi) is 3.00. The molecule has 5 nitrogen and oxygen atoms in total. The van der Waals surface area contributed by atoms with Crippen LogP contribution in [0.2, 0.25) is 0 Å². The second-order valence-corrected chi connectivity index (χ2v) is 2.46. The number of carboxylic acids is 1. The molecule has 1 amide bonds. The predicted octanol–water partition coefficient (Wildman–Crippen LogP) is -0.946. The fourth-order valence-corrected chi connectivity index (χ4v) is 0.663. The maximum Gasteiger partial charge on any atom is 0.324 e. The molecule has 0 spiro atoms. The Labute approximate surface area is 64.4 Å². The second kappa shape index (κ2) is 3.34. The summed E-state index contributed by atoms with van der Waals surface area (Å²) in [6.07, 6.45) is -0.135. The van der Waals surface area contributed by atoms with E-state index in [1.165, 1.54) is 0 Å². The van der Waals surface area contributed by atoms with E-state index in [1.54, 1.807) is 6.92 Å². The van der Waals surface area contributed by atoms with Crippen LogP contribution < -0.4 is 11.5 Å². The van der Waals surface area contributed by atoms with E-state index in [0.717, 1.165) is 0 Å². The fraction of sp³-hybridized carbons (Fsp3) is 0.667. The van der Waals surface area contributed by atoms with E-state index in [4.69, 9.17) is 16.6 Å². The topological polar surface area (TPSA) is 106 Å². The van der Waals surface area contributed by atoms with Crippen molar-refractivity contribution >= 4 is 11.9 Å². The molecule has 0 aromatic carbocycles. The van der Waals surface area contributed by atoms with E-state index >= 15 is 0 Å². The minimum Gasteiger partial charge on any atom is -0.480 e. The third kappa shape index (κ3) is 2.55. The van der Waals surface area contributed by atoms with Crippen LogP contribution in [-0.4, -0.2) is 22.5 Å². The van der Waals surface area contributed by atoms with E-state index < -0.39 is 17.4 Å². The van der Waals surface area contributed by atoms with Crippen molar-refractivity contribution in [3.8, 4) is 0 Å². The number of amides is 1. The van der Waals surface area contributed by atoms with Gasteiger partial charge < -0.3 is 16.6 Å². The summed E-state index contributed by atoms with van der Waals surface area (Å²) in [5, 5.41) is 8.55. The van der Waals surface area contributed by atoms with E-state index in [-0.39, 0.29) is 12.8 Å². The van der Waals surface area contributed by atoms with Crippen LogP contribution >= 0.6 is 0 Å². The molecule has 1 unspecified atom stereocenters. The van der Waals surface area contributed by atoms with Gasteiger partial charge in [-0.1, -0.05) is 6.92 Å². The van der Waals surface area contributed by atoms with Crippen LogP contribution in [0.3, 0.4) is 0 Å². The largest absolute Gasteiger partial charge is 0.480 e. The quantitative estimate of drug-likeness (QED) is 0.493. The highest BCUT2D eigenvalue weighted by atomic mass is 16.4. The second-order valence-electron chi connectivity index (χ2n) is 2.46. The summed E-state index contributed by atoms with van der Waals surface area (Å²) >= 11 is 0. The minimum absolute atomic E-state index is 0.186. The Hall–Kier alpha value is -1.10. The Morgan fingerprint density at radius 1 is 1.55 bits per heavy atom. The lowest BCUT2D eigenvalue weighted by Gasteiger charge is -2.20. The number of aliphatic carboxylic acids is 1. The average molecular weight is 160 g/mol.